The standard InChI is InChI=1S/C5H8N2O2.C2H4O2/c1-2-9-5(8)4(7)3-6;1-2(3)4/h4H,2,7H2,1H3;1H3,(H,3,4). The van der Waals surface area contributed by atoms with E-state index in [1.54, 1.807) is 13.0 Å². The average molecular weight is 188 g/mol. The number of aliphatic carboxylic acids is 1. The third kappa shape index (κ3) is 13.4. The van der Waals surface area contributed by atoms with Gasteiger partial charge < -0.3 is 15.6 Å². The fourth-order valence-electron chi connectivity index (χ4n) is 0.285. The van der Waals surface area contributed by atoms with Gasteiger partial charge in [-0.15, -0.1) is 0 Å². The number of ether oxygens (including phenoxy) is 1. The maximum atomic E-state index is 10.4. The van der Waals surface area contributed by atoms with Crippen LogP contribution in [0.2, 0.25) is 0 Å². The van der Waals surface area contributed by atoms with Gasteiger partial charge >= 0.3 is 5.97 Å². The molecule has 13 heavy (non-hydrogen) atoms. The van der Waals surface area contributed by atoms with Crippen molar-refractivity contribution in [2.24, 2.45) is 5.73 Å². The fourth-order valence-corrected chi connectivity index (χ4v) is 0.285. The number of nitrogens with two attached hydrogens (primary N) is 1. The number of nitrogens with zero attached hydrogens (tertiary/aromatic N) is 1. The molecule has 3 N–H and O–H groups in total. The molecule has 0 aliphatic heterocycles. The summed E-state index contributed by atoms with van der Waals surface area (Å²) in [6.07, 6.45) is 0. The van der Waals surface area contributed by atoms with E-state index in [1.807, 2.05) is 0 Å². The van der Waals surface area contributed by atoms with Gasteiger partial charge in [-0.3, -0.25) is 4.79 Å². The van der Waals surface area contributed by atoms with Gasteiger partial charge in [0.15, 0.2) is 6.04 Å². The lowest BCUT2D eigenvalue weighted by molar-refractivity contribution is -0.143. The van der Waals surface area contributed by atoms with E-state index in [1.165, 1.54) is 0 Å². The molecule has 0 aliphatic carbocycles. The minimum Gasteiger partial charge on any atom is -0.481 e. The summed E-state index contributed by atoms with van der Waals surface area (Å²) in [4.78, 5) is 19.4. The molecule has 1 unspecified atom stereocenters. The molecule has 6 nitrogen and oxygen atoms in total. The number of rotatable bonds is 2. The van der Waals surface area contributed by atoms with Crippen molar-refractivity contribution in [2.45, 2.75) is 19.9 Å². The Kier molecular flexibility index (Phi) is 9.10. The zero-order valence-electron chi connectivity index (χ0n) is 7.48. The second-order valence-corrected chi connectivity index (χ2v) is 1.88. The van der Waals surface area contributed by atoms with Gasteiger partial charge in [0.1, 0.15) is 0 Å². The summed E-state index contributed by atoms with van der Waals surface area (Å²) in [7, 11) is 0. The molecule has 0 saturated carbocycles. The Bertz CT molecular complexity index is 205. The Labute approximate surface area is 75.9 Å². The minimum atomic E-state index is -1.13. The number of carbonyl (C=O) groups is 2. The normalized spacial score (nSPS) is 10.0. The zero-order valence-corrected chi connectivity index (χ0v) is 7.48. The first-order valence-electron chi connectivity index (χ1n) is 3.47. The van der Waals surface area contributed by atoms with Gasteiger partial charge in [-0.1, -0.05) is 0 Å². The molecule has 6 heteroatoms. The molecular formula is C7H12N2O4. The van der Waals surface area contributed by atoms with Gasteiger partial charge in [0.25, 0.3) is 5.97 Å². The highest BCUT2D eigenvalue weighted by atomic mass is 16.5. The second-order valence-electron chi connectivity index (χ2n) is 1.88. The third-order valence-electron chi connectivity index (χ3n) is 0.680. The molecule has 0 fully saturated rings. The number of carboxylic acid groups (broad SMARTS) is 1. The maximum Gasteiger partial charge on any atom is 0.337 e. The summed E-state index contributed by atoms with van der Waals surface area (Å²) in [5.41, 5.74) is 4.97. The number of carboxylic acids is 1. The van der Waals surface area contributed by atoms with E-state index in [0.29, 0.717) is 0 Å². The van der Waals surface area contributed by atoms with Crippen molar-refractivity contribution in [3.63, 3.8) is 0 Å². The van der Waals surface area contributed by atoms with Crippen LogP contribution in [0.4, 0.5) is 0 Å². The summed E-state index contributed by atoms with van der Waals surface area (Å²) in [6.45, 7) is 3.00. The highest BCUT2D eigenvalue weighted by molar-refractivity contribution is 5.78. The van der Waals surface area contributed by atoms with Crippen molar-refractivity contribution >= 4 is 11.9 Å². The number of nitriles is 1. The summed E-state index contributed by atoms with van der Waals surface area (Å²) in [5, 5.41) is 15.5. The predicted octanol–water partition coefficient (Wildman–Crippen LogP) is -0.509. The van der Waals surface area contributed by atoms with E-state index in [9.17, 15) is 4.79 Å². The van der Waals surface area contributed by atoms with Crippen LogP contribution in [0.5, 0.6) is 0 Å². The summed E-state index contributed by atoms with van der Waals surface area (Å²) >= 11 is 0. The third-order valence-corrected chi connectivity index (χ3v) is 0.680. The molecule has 0 aliphatic rings. The Hall–Kier alpha value is -1.61. The van der Waals surface area contributed by atoms with E-state index >= 15 is 0 Å². The lowest BCUT2D eigenvalue weighted by Crippen LogP contribution is -2.30. The molecule has 0 aromatic carbocycles. The smallest absolute Gasteiger partial charge is 0.337 e. The van der Waals surface area contributed by atoms with E-state index < -0.39 is 18.0 Å². The number of esters is 1. The van der Waals surface area contributed by atoms with Gasteiger partial charge in [0, 0.05) is 6.92 Å². The van der Waals surface area contributed by atoms with Gasteiger partial charge in [0.05, 0.1) is 12.7 Å². The molecule has 0 radical (unpaired) electrons. The van der Waals surface area contributed by atoms with E-state index in [2.05, 4.69) is 4.74 Å². The monoisotopic (exact) mass is 188 g/mol. The average Bonchev–Trinajstić information content (AvgIpc) is 2.02. The molecule has 0 amide bonds. The van der Waals surface area contributed by atoms with Crippen molar-refractivity contribution in [1.29, 1.82) is 5.26 Å². The highest BCUT2D eigenvalue weighted by Crippen LogP contribution is 1.81. The molecule has 0 saturated heterocycles. The first kappa shape index (κ1) is 13.9. The van der Waals surface area contributed by atoms with Crippen molar-refractivity contribution in [2.75, 3.05) is 6.61 Å². The summed E-state index contributed by atoms with van der Waals surface area (Å²) in [5.74, 6) is -1.50. The van der Waals surface area contributed by atoms with Crippen molar-refractivity contribution in [1.82, 2.24) is 0 Å². The van der Waals surface area contributed by atoms with Gasteiger partial charge in [0.2, 0.25) is 0 Å². The van der Waals surface area contributed by atoms with Crippen LogP contribution >= 0.6 is 0 Å². The maximum absolute atomic E-state index is 10.4. The number of carbonyl (C=O) groups excluding carboxylic acids is 1. The van der Waals surface area contributed by atoms with E-state index in [0.717, 1.165) is 6.92 Å². The van der Waals surface area contributed by atoms with Gasteiger partial charge in [-0.05, 0) is 6.92 Å². The van der Waals surface area contributed by atoms with Crippen LogP contribution in [-0.2, 0) is 14.3 Å². The van der Waals surface area contributed by atoms with Crippen LogP contribution in [0.25, 0.3) is 0 Å². The predicted molar refractivity (Wildman–Crippen MR) is 43.5 cm³/mol. The Morgan fingerprint density at radius 3 is 2.31 bits per heavy atom. The Morgan fingerprint density at radius 2 is 2.08 bits per heavy atom. The first-order chi connectivity index (χ1) is 5.95. The van der Waals surface area contributed by atoms with Crippen LogP contribution in [0.15, 0.2) is 0 Å². The molecule has 0 rings (SSSR count). The van der Waals surface area contributed by atoms with Crippen molar-refractivity contribution in [3.8, 4) is 6.07 Å². The number of hydrogen-bond donors (Lipinski definition) is 2. The molecule has 1 atom stereocenters. The lowest BCUT2D eigenvalue weighted by atomic mass is 10.4. The largest absolute Gasteiger partial charge is 0.481 e. The minimum absolute atomic E-state index is 0.258. The number of hydrogen-bond acceptors (Lipinski definition) is 5. The molecule has 0 bridgehead atoms. The van der Waals surface area contributed by atoms with E-state index in [4.69, 9.17) is 20.9 Å². The van der Waals surface area contributed by atoms with Crippen molar-refractivity contribution in [3.05, 3.63) is 0 Å². The van der Waals surface area contributed by atoms with Gasteiger partial charge in [-0.2, -0.15) is 5.26 Å². The lowest BCUT2D eigenvalue weighted by Gasteiger charge is -2.00. The van der Waals surface area contributed by atoms with Crippen molar-refractivity contribution < 1.29 is 19.4 Å². The van der Waals surface area contributed by atoms with Crippen LogP contribution < -0.4 is 5.73 Å². The molecule has 74 valence electrons. The van der Waals surface area contributed by atoms with E-state index in [-0.39, 0.29) is 6.61 Å². The zero-order chi connectivity index (χ0) is 10.9. The Balaban J connectivity index is 0. The molecule has 0 aromatic rings. The SMILES string of the molecule is CC(=O)O.CCOC(=O)C(N)C#N. The molecular weight excluding hydrogens is 176 g/mol. The fraction of sp³-hybridized carbons (Fsp3) is 0.571. The van der Waals surface area contributed by atoms with Crippen LogP contribution in [-0.4, -0.2) is 29.7 Å². The van der Waals surface area contributed by atoms with Crippen LogP contribution in [0, 0.1) is 11.3 Å². The molecule has 0 heterocycles. The quantitative estimate of drug-likeness (QED) is 0.564. The van der Waals surface area contributed by atoms with Gasteiger partial charge in [-0.25, -0.2) is 4.79 Å². The topological polar surface area (TPSA) is 113 Å². The van der Waals surface area contributed by atoms with Crippen LogP contribution in [0.1, 0.15) is 13.8 Å². The first-order valence-corrected chi connectivity index (χ1v) is 3.47. The van der Waals surface area contributed by atoms with Crippen LogP contribution in [0.3, 0.4) is 0 Å². The second kappa shape index (κ2) is 8.49. The molecule has 0 spiro atoms. The summed E-state index contributed by atoms with van der Waals surface area (Å²) in [6, 6.07) is 0.418. The Morgan fingerprint density at radius 1 is 1.69 bits per heavy atom. The highest BCUT2D eigenvalue weighted by Gasteiger charge is 2.11. The molecule has 0 aromatic heterocycles. The summed E-state index contributed by atoms with van der Waals surface area (Å²) < 4.78 is 4.41.